The SMILES string of the molecule is CN(C)CCOc1ncc(Br)cc1CNC1CC1. The van der Waals surface area contributed by atoms with E-state index in [-0.39, 0.29) is 0 Å². The number of halogens is 1. The summed E-state index contributed by atoms with van der Waals surface area (Å²) in [5.74, 6) is 0.744. The topological polar surface area (TPSA) is 37.4 Å². The Labute approximate surface area is 117 Å². The molecular weight excluding hydrogens is 294 g/mol. The molecular formula is C13H20BrN3O. The van der Waals surface area contributed by atoms with Gasteiger partial charge in [-0.05, 0) is 48.9 Å². The lowest BCUT2D eigenvalue weighted by Crippen LogP contribution is -2.21. The summed E-state index contributed by atoms with van der Waals surface area (Å²) in [6, 6.07) is 2.77. The Morgan fingerprint density at radius 2 is 2.28 bits per heavy atom. The second kappa shape index (κ2) is 6.50. The van der Waals surface area contributed by atoms with Gasteiger partial charge in [0.25, 0.3) is 0 Å². The summed E-state index contributed by atoms with van der Waals surface area (Å²) in [6.45, 7) is 2.39. The Morgan fingerprint density at radius 3 is 2.94 bits per heavy atom. The number of hydrogen-bond donors (Lipinski definition) is 1. The van der Waals surface area contributed by atoms with Gasteiger partial charge in [-0.15, -0.1) is 0 Å². The van der Waals surface area contributed by atoms with E-state index < -0.39 is 0 Å². The highest BCUT2D eigenvalue weighted by Crippen LogP contribution is 2.23. The number of likely N-dealkylation sites (N-methyl/N-ethyl adjacent to an activating group) is 1. The van der Waals surface area contributed by atoms with Gasteiger partial charge in [0, 0.05) is 35.4 Å². The lowest BCUT2D eigenvalue weighted by Gasteiger charge is -2.13. The van der Waals surface area contributed by atoms with Crippen molar-refractivity contribution in [1.29, 1.82) is 0 Å². The number of pyridine rings is 1. The number of ether oxygens (including phenoxy) is 1. The van der Waals surface area contributed by atoms with Crippen LogP contribution in [0.5, 0.6) is 5.88 Å². The predicted octanol–water partition coefficient (Wildman–Crippen LogP) is 2.04. The van der Waals surface area contributed by atoms with Crippen molar-refractivity contribution in [3.63, 3.8) is 0 Å². The van der Waals surface area contributed by atoms with Gasteiger partial charge in [-0.3, -0.25) is 0 Å². The molecule has 1 aromatic rings. The summed E-state index contributed by atoms with van der Waals surface area (Å²) in [7, 11) is 4.07. The van der Waals surface area contributed by atoms with Crippen LogP contribution in [0.3, 0.4) is 0 Å². The van der Waals surface area contributed by atoms with E-state index in [4.69, 9.17) is 4.74 Å². The molecule has 1 fully saturated rings. The number of aromatic nitrogens is 1. The quantitative estimate of drug-likeness (QED) is 0.836. The van der Waals surface area contributed by atoms with E-state index in [1.807, 2.05) is 14.1 Å². The van der Waals surface area contributed by atoms with Crippen LogP contribution in [0, 0.1) is 0 Å². The number of nitrogens with zero attached hydrogens (tertiary/aromatic N) is 2. The molecule has 0 bridgehead atoms. The molecule has 2 rings (SSSR count). The van der Waals surface area contributed by atoms with E-state index in [0.29, 0.717) is 12.6 Å². The summed E-state index contributed by atoms with van der Waals surface area (Å²) >= 11 is 3.46. The maximum Gasteiger partial charge on any atom is 0.217 e. The van der Waals surface area contributed by atoms with Gasteiger partial charge in [-0.25, -0.2) is 4.98 Å². The van der Waals surface area contributed by atoms with Crippen LogP contribution in [0.2, 0.25) is 0 Å². The molecule has 1 aliphatic carbocycles. The summed E-state index contributed by atoms with van der Waals surface area (Å²) in [4.78, 5) is 6.44. The average Bonchev–Trinajstić information content (AvgIpc) is 3.12. The zero-order valence-electron chi connectivity index (χ0n) is 10.9. The molecule has 1 heterocycles. The van der Waals surface area contributed by atoms with E-state index in [9.17, 15) is 0 Å². The van der Waals surface area contributed by atoms with Crippen molar-refractivity contribution in [2.45, 2.75) is 25.4 Å². The lowest BCUT2D eigenvalue weighted by molar-refractivity contribution is 0.251. The largest absolute Gasteiger partial charge is 0.476 e. The third kappa shape index (κ3) is 4.55. The highest BCUT2D eigenvalue weighted by molar-refractivity contribution is 9.10. The standard InChI is InChI=1S/C13H20BrN3O/c1-17(2)5-6-18-13-10(7-11(14)9-16-13)8-15-12-3-4-12/h7,9,12,15H,3-6,8H2,1-2H3. The Morgan fingerprint density at radius 1 is 1.50 bits per heavy atom. The van der Waals surface area contributed by atoms with Crippen LogP contribution in [-0.4, -0.2) is 43.2 Å². The minimum Gasteiger partial charge on any atom is -0.476 e. The first-order chi connectivity index (χ1) is 8.65. The molecule has 0 atom stereocenters. The van der Waals surface area contributed by atoms with Crippen molar-refractivity contribution in [3.8, 4) is 5.88 Å². The van der Waals surface area contributed by atoms with Gasteiger partial charge in [-0.2, -0.15) is 0 Å². The highest BCUT2D eigenvalue weighted by atomic mass is 79.9. The van der Waals surface area contributed by atoms with Crippen molar-refractivity contribution < 1.29 is 4.74 Å². The number of nitrogens with one attached hydrogen (secondary N) is 1. The van der Waals surface area contributed by atoms with Crippen LogP contribution in [0.1, 0.15) is 18.4 Å². The summed E-state index contributed by atoms with van der Waals surface area (Å²) in [5, 5.41) is 3.49. The van der Waals surface area contributed by atoms with E-state index in [2.05, 4.69) is 37.2 Å². The van der Waals surface area contributed by atoms with Gasteiger partial charge in [0.05, 0.1) is 0 Å². The van der Waals surface area contributed by atoms with E-state index in [1.54, 1.807) is 6.20 Å². The molecule has 0 spiro atoms. The van der Waals surface area contributed by atoms with Gasteiger partial charge in [0.2, 0.25) is 5.88 Å². The molecule has 1 N–H and O–H groups in total. The first kappa shape index (κ1) is 13.8. The number of hydrogen-bond acceptors (Lipinski definition) is 4. The molecule has 4 nitrogen and oxygen atoms in total. The van der Waals surface area contributed by atoms with Gasteiger partial charge in [0.15, 0.2) is 0 Å². The molecule has 18 heavy (non-hydrogen) atoms. The van der Waals surface area contributed by atoms with Gasteiger partial charge >= 0.3 is 0 Å². The van der Waals surface area contributed by atoms with Crippen LogP contribution in [0.4, 0.5) is 0 Å². The predicted molar refractivity (Wildman–Crippen MR) is 75.8 cm³/mol. The molecule has 100 valence electrons. The van der Waals surface area contributed by atoms with E-state index >= 15 is 0 Å². The Hall–Kier alpha value is -0.650. The molecule has 0 unspecified atom stereocenters. The zero-order valence-corrected chi connectivity index (χ0v) is 12.5. The molecule has 1 saturated carbocycles. The van der Waals surface area contributed by atoms with E-state index in [0.717, 1.165) is 29.0 Å². The number of rotatable bonds is 7. The van der Waals surface area contributed by atoms with Crippen LogP contribution in [-0.2, 0) is 6.54 Å². The summed E-state index contributed by atoms with van der Waals surface area (Å²) in [6.07, 6.45) is 4.36. The van der Waals surface area contributed by atoms with Crippen molar-refractivity contribution in [3.05, 3.63) is 22.3 Å². The zero-order chi connectivity index (χ0) is 13.0. The summed E-state index contributed by atoms with van der Waals surface area (Å²) in [5.41, 5.74) is 1.12. The van der Waals surface area contributed by atoms with Crippen LogP contribution in [0.15, 0.2) is 16.7 Å². The van der Waals surface area contributed by atoms with Gasteiger partial charge in [-0.1, -0.05) is 0 Å². The van der Waals surface area contributed by atoms with Gasteiger partial charge < -0.3 is 15.0 Å². The van der Waals surface area contributed by atoms with E-state index in [1.165, 1.54) is 12.8 Å². The third-order valence-electron chi connectivity index (χ3n) is 2.83. The second-order valence-electron chi connectivity index (χ2n) is 4.92. The van der Waals surface area contributed by atoms with Crippen molar-refractivity contribution in [2.24, 2.45) is 0 Å². The maximum absolute atomic E-state index is 5.74. The smallest absolute Gasteiger partial charge is 0.217 e. The summed E-state index contributed by atoms with van der Waals surface area (Å²) < 4.78 is 6.74. The van der Waals surface area contributed by atoms with Crippen molar-refractivity contribution in [2.75, 3.05) is 27.2 Å². The Bertz CT molecular complexity index is 394. The Balaban J connectivity index is 1.93. The maximum atomic E-state index is 5.74. The molecule has 0 aliphatic heterocycles. The Kier molecular flexibility index (Phi) is 4.97. The monoisotopic (exact) mass is 313 g/mol. The van der Waals surface area contributed by atoms with Crippen molar-refractivity contribution >= 4 is 15.9 Å². The van der Waals surface area contributed by atoms with Crippen LogP contribution in [0.25, 0.3) is 0 Å². The molecule has 1 aromatic heterocycles. The molecule has 0 saturated heterocycles. The van der Waals surface area contributed by atoms with Crippen molar-refractivity contribution in [1.82, 2.24) is 15.2 Å². The molecule has 5 heteroatoms. The average molecular weight is 314 g/mol. The second-order valence-corrected chi connectivity index (χ2v) is 5.84. The van der Waals surface area contributed by atoms with Gasteiger partial charge in [0.1, 0.15) is 6.61 Å². The molecule has 1 aliphatic rings. The lowest BCUT2D eigenvalue weighted by atomic mass is 10.2. The fraction of sp³-hybridized carbons (Fsp3) is 0.615. The minimum absolute atomic E-state index is 0.665. The fourth-order valence-electron chi connectivity index (χ4n) is 1.59. The molecule has 0 radical (unpaired) electrons. The van der Waals surface area contributed by atoms with Crippen LogP contribution < -0.4 is 10.1 Å². The highest BCUT2D eigenvalue weighted by Gasteiger charge is 2.20. The normalized spacial score (nSPS) is 15.1. The molecule has 0 amide bonds. The minimum atomic E-state index is 0.665. The van der Waals surface area contributed by atoms with Crippen LogP contribution >= 0.6 is 15.9 Å². The fourth-order valence-corrected chi connectivity index (χ4v) is 1.97. The molecule has 0 aromatic carbocycles. The first-order valence-corrected chi connectivity index (χ1v) is 7.10. The third-order valence-corrected chi connectivity index (χ3v) is 3.26. The first-order valence-electron chi connectivity index (χ1n) is 6.30.